The fraction of sp³-hybridized carbons (Fsp3) is 0.381. The van der Waals surface area contributed by atoms with E-state index in [9.17, 15) is 13.2 Å². The molecule has 0 spiro atoms. The van der Waals surface area contributed by atoms with E-state index in [4.69, 9.17) is 25.8 Å². The number of anilines is 1. The van der Waals surface area contributed by atoms with Gasteiger partial charge in [-0.1, -0.05) is 30.7 Å². The Labute approximate surface area is 187 Å². The van der Waals surface area contributed by atoms with E-state index in [0.717, 1.165) is 0 Å². The van der Waals surface area contributed by atoms with Crippen molar-refractivity contribution in [2.75, 3.05) is 38.7 Å². The highest BCUT2D eigenvalue weighted by Crippen LogP contribution is 2.30. The molecule has 1 fully saturated rings. The first-order valence-electron chi connectivity index (χ1n) is 9.84. The summed E-state index contributed by atoms with van der Waals surface area (Å²) in [5.41, 5.74) is 0.239. The molecule has 1 saturated heterocycles. The molecular weight excluding hydrogens is 444 g/mol. The van der Waals surface area contributed by atoms with Crippen LogP contribution in [0.3, 0.4) is 0 Å². The Morgan fingerprint density at radius 2 is 1.90 bits per heavy atom. The van der Waals surface area contributed by atoms with Crippen LogP contribution in [0.5, 0.6) is 11.5 Å². The van der Waals surface area contributed by atoms with E-state index in [0.29, 0.717) is 36.2 Å². The van der Waals surface area contributed by atoms with Crippen molar-refractivity contribution in [1.29, 1.82) is 0 Å². The first-order chi connectivity index (χ1) is 14.9. The largest absolute Gasteiger partial charge is 0.495 e. The summed E-state index contributed by atoms with van der Waals surface area (Å²) in [6.45, 7) is 3.05. The first-order valence-corrected chi connectivity index (χ1v) is 11.7. The van der Waals surface area contributed by atoms with Crippen LogP contribution < -0.4 is 14.8 Å². The van der Waals surface area contributed by atoms with Crippen molar-refractivity contribution < 1.29 is 27.4 Å². The SMILES string of the molecule is CC[C@@H](Oc1ccccc1Cl)C(=O)Nc1cc(S(=O)(=O)N2CCOCC2)ccc1OC. The van der Waals surface area contributed by atoms with Gasteiger partial charge in [0.05, 0.1) is 35.9 Å². The first kappa shape index (κ1) is 23.3. The minimum atomic E-state index is -3.73. The maximum absolute atomic E-state index is 13.0. The number of amides is 1. The van der Waals surface area contributed by atoms with Gasteiger partial charge < -0.3 is 19.5 Å². The molecule has 1 atom stereocenters. The molecule has 2 aromatic rings. The van der Waals surface area contributed by atoms with Crippen LogP contribution in [0.15, 0.2) is 47.4 Å². The Hall–Kier alpha value is -2.33. The highest BCUT2D eigenvalue weighted by molar-refractivity contribution is 7.89. The van der Waals surface area contributed by atoms with Crippen molar-refractivity contribution in [3.05, 3.63) is 47.5 Å². The molecule has 0 radical (unpaired) electrons. The van der Waals surface area contributed by atoms with Gasteiger partial charge in [-0.2, -0.15) is 4.31 Å². The van der Waals surface area contributed by atoms with Crippen molar-refractivity contribution in [1.82, 2.24) is 4.31 Å². The van der Waals surface area contributed by atoms with Crippen LogP contribution in [0.25, 0.3) is 0 Å². The van der Waals surface area contributed by atoms with E-state index in [1.165, 1.54) is 29.6 Å². The van der Waals surface area contributed by atoms with Crippen LogP contribution in [0.4, 0.5) is 5.69 Å². The van der Waals surface area contributed by atoms with Gasteiger partial charge in [0.2, 0.25) is 10.0 Å². The molecule has 1 amide bonds. The second-order valence-electron chi connectivity index (χ2n) is 6.81. The number of ether oxygens (including phenoxy) is 3. The minimum absolute atomic E-state index is 0.0607. The molecule has 1 heterocycles. The Morgan fingerprint density at radius 3 is 2.55 bits per heavy atom. The molecule has 0 bridgehead atoms. The average molecular weight is 469 g/mol. The van der Waals surface area contributed by atoms with Gasteiger partial charge in [-0.05, 0) is 36.8 Å². The van der Waals surface area contributed by atoms with E-state index in [1.54, 1.807) is 31.2 Å². The van der Waals surface area contributed by atoms with Gasteiger partial charge in [0.1, 0.15) is 11.5 Å². The number of nitrogens with zero attached hydrogens (tertiary/aromatic N) is 1. The lowest BCUT2D eigenvalue weighted by molar-refractivity contribution is -0.122. The number of para-hydroxylation sites is 1. The van der Waals surface area contributed by atoms with E-state index in [2.05, 4.69) is 5.32 Å². The number of halogens is 1. The van der Waals surface area contributed by atoms with Crippen LogP contribution in [-0.2, 0) is 19.6 Å². The average Bonchev–Trinajstić information content (AvgIpc) is 2.79. The second kappa shape index (κ2) is 10.3. The standard InChI is InChI=1S/C21H25ClN2O6S/c1-3-18(30-19-7-5-4-6-16(19)22)21(25)23-17-14-15(8-9-20(17)28-2)31(26,27)24-10-12-29-13-11-24/h4-9,14,18H,3,10-13H2,1-2H3,(H,23,25)/t18-/m1/s1. The molecule has 168 valence electrons. The summed E-state index contributed by atoms with van der Waals surface area (Å²) >= 11 is 6.13. The number of nitrogens with one attached hydrogen (secondary N) is 1. The molecule has 8 nitrogen and oxygen atoms in total. The topological polar surface area (TPSA) is 94.2 Å². The number of rotatable bonds is 8. The number of hydrogen-bond acceptors (Lipinski definition) is 6. The molecule has 10 heteroatoms. The molecule has 0 aliphatic carbocycles. The third-order valence-electron chi connectivity index (χ3n) is 4.81. The van der Waals surface area contributed by atoms with E-state index >= 15 is 0 Å². The third kappa shape index (κ3) is 5.48. The van der Waals surface area contributed by atoms with Crippen LogP contribution in [0.2, 0.25) is 5.02 Å². The maximum atomic E-state index is 13.0. The molecule has 0 unspecified atom stereocenters. The number of carbonyl (C=O) groups is 1. The molecule has 1 N–H and O–H groups in total. The van der Waals surface area contributed by atoms with Gasteiger partial charge in [-0.25, -0.2) is 8.42 Å². The molecule has 0 aromatic heterocycles. The lowest BCUT2D eigenvalue weighted by Crippen LogP contribution is -2.40. The number of carbonyl (C=O) groups excluding carboxylic acids is 1. The number of sulfonamides is 1. The third-order valence-corrected chi connectivity index (χ3v) is 7.01. The Balaban J connectivity index is 1.83. The van der Waals surface area contributed by atoms with Gasteiger partial charge in [0.25, 0.3) is 5.91 Å². The highest BCUT2D eigenvalue weighted by Gasteiger charge is 2.28. The summed E-state index contributed by atoms with van der Waals surface area (Å²) in [7, 11) is -2.28. The molecule has 2 aromatic carbocycles. The zero-order chi connectivity index (χ0) is 22.4. The number of methoxy groups -OCH3 is 1. The van der Waals surface area contributed by atoms with Crippen molar-refractivity contribution in [3.8, 4) is 11.5 Å². The van der Waals surface area contributed by atoms with E-state index in [1.807, 2.05) is 0 Å². The molecule has 0 saturated carbocycles. The molecule has 1 aliphatic heterocycles. The summed E-state index contributed by atoms with van der Waals surface area (Å²) in [4.78, 5) is 12.9. The molecular formula is C21H25ClN2O6S. The van der Waals surface area contributed by atoms with Gasteiger partial charge in [0.15, 0.2) is 6.10 Å². The van der Waals surface area contributed by atoms with E-state index < -0.39 is 22.0 Å². The lowest BCUT2D eigenvalue weighted by Gasteiger charge is -2.26. The lowest BCUT2D eigenvalue weighted by atomic mass is 10.2. The Bertz CT molecular complexity index is 1020. The summed E-state index contributed by atoms with van der Waals surface area (Å²) in [6.07, 6.45) is -0.449. The zero-order valence-electron chi connectivity index (χ0n) is 17.3. The Kier molecular flexibility index (Phi) is 7.77. The van der Waals surface area contributed by atoms with Crippen molar-refractivity contribution in [3.63, 3.8) is 0 Å². The normalized spacial score (nSPS) is 15.8. The quantitative estimate of drug-likeness (QED) is 0.639. The van der Waals surface area contributed by atoms with Gasteiger partial charge >= 0.3 is 0 Å². The van der Waals surface area contributed by atoms with Crippen LogP contribution in [0.1, 0.15) is 13.3 Å². The maximum Gasteiger partial charge on any atom is 0.265 e. The summed E-state index contributed by atoms with van der Waals surface area (Å²) in [5, 5.41) is 3.12. The predicted octanol–water partition coefficient (Wildman–Crippen LogP) is 3.17. The smallest absolute Gasteiger partial charge is 0.265 e. The van der Waals surface area contributed by atoms with Crippen LogP contribution >= 0.6 is 11.6 Å². The van der Waals surface area contributed by atoms with Crippen molar-refractivity contribution in [2.24, 2.45) is 0 Å². The number of morpholine rings is 1. The summed E-state index contributed by atoms with van der Waals surface area (Å²) in [5.74, 6) is 0.283. The zero-order valence-corrected chi connectivity index (χ0v) is 18.9. The van der Waals surface area contributed by atoms with E-state index in [-0.39, 0.29) is 23.7 Å². The van der Waals surface area contributed by atoms with Crippen molar-refractivity contribution in [2.45, 2.75) is 24.3 Å². The van der Waals surface area contributed by atoms with Crippen LogP contribution in [-0.4, -0.2) is 58.1 Å². The predicted molar refractivity (Wildman–Crippen MR) is 117 cm³/mol. The van der Waals surface area contributed by atoms with Gasteiger partial charge in [0, 0.05) is 13.1 Å². The molecule has 31 heavy (non-hydrogen) atoms. The molecule has 1 aliphatic rings. The second-order valence-corrected chi connectivity index (χ2v) is 9.16. The van der Waals surface area contributed by atoms with Crippen LogP contribution in [0, 0.1) is 0 Å². The van der Waals surface area contributed by atoms with Gasteiger partial charge in [-0.3, -0.25) is 4.79 Å². The summed E-state index contributed by atoms with van der Waals surface area (Å²) in [6, 6.07) is 11.2. The highest BCUT2D eigenvalue weighted by atomic mass is 35.5. The van der Waals surface area contributed by atoms with Gasteiger partial charge in [-0.15, -0.1) is 0 Å². The Morgan fingerprint density at radius 1 is 1.19 bits per heavy atom. The monoisotopic (exact) mass is 468 g/mol. The van der Waals surface area contributed by atoms with Crippen molar-refractivity contribution >= 4 is 33.2 Å². The number of benzene rings is 2. The number of hydrogen-bond donors (Lipinski definition) is 1. The minimum Gasteiger partial charge on any atom is -0.495 e. The summed E-state index contributed by atoms with van der Waals surface area (Å²) < 4.78 is 43.6. The molecule has 3 rings (SSSR count). The fourth-order valence-corrected chi connectivity index (χ4v) is 4.73. The fourth-order valence-electron chi connectivity index (χ4n) is 3.11.